The van der Waals surface area contributed by atoms with Crippen molar-refractivity contribution < 1.29 is 23.8 Å². The first-order valence-electron chi connectivity index (χ1n) is 10.1. The highest BCUT2D eigenvalue weighted by molar-refractivity contribution is 7.17. The molecule has 0 saturated carbocycles. The van der Waals surface area contributed by atoms with Gasteiger partial charge in [-0.2, -0.15) is 5.10 Å². The summed E-state index contributed by atoms with van der Waals surface area (Å²) in [5.41, 5.74) is 6.98. The third kappa shape index (κ3) is 4.40. The Balaban J connectivity index is 1.87. The number of hydrogen-bond donors (Lipinski definition) is 2. The number of rotatable bonds is 5. The molecule has 0 aliphatic rings. The lowest BCUT2D eigenvalue weighted by atomic mass is 10.1. The summed E-state index contributed by atoms with van der Waals surface area (Å²) < 4.78 is 16.3. The van der Waals surface area contributed by atoms with Gasteiger partial charge in [0, 0.05) is 17.0 Å². The molecular formula is C24H23N3O5S. The summed E-state index contributed by atoms with van der Waals surface area (Å²) in [4.78, 5) is 16.7. The van der Waals surface area contributed by atoms with Crippen LogP contribution in [0.4, 0.5) is 5.13 Å². The van der Waals surface area contributed by atoms with Crippen molar-refractivity contribution in [2.75, 3.05) is 19.6 Å². The zero-order valence-electron chi connectivity index (χ0n) is 18.8. The van der Waals surface area contributed by atoms with Gasteiger partial charge in [-0.15, -0.1) is 0 Å². The van der Waals surface area contributed by atoms with E-state index in [-0.39, 0.29) is 5.75 Å². The summed E-state index contributed by atoms with van der Waals surface area (Å²) >= 11 is 1.17. The van der Waals surface area contributed by atoms with Gasteiger partial charge in [0.15, 0.2) is 11.5 Å². The SMILES string of the molecule is COC(=O)c1sc(NN=c2cc(-c3ccc(O)c(OC)c3)oc3c(C)cc(C)cc23)nc1C. The molecule has 0 spiro atoms. The Hall–Kier alpha value is -3.85. The molecule has 170 valence electrons. The molecule has 4 rings (SSSR count). The number of benzene rings is 2. The van der Waals surface area contributed by atoms with Gasteiger partial charge in [-0.3, -0.25) is 5.43 Å². The number of methoxy groups -OCH3 is 2. The van der Waals surface area contributed by atoms with Crippen LogP contribution in [0.3, 0.4) is 0 Å². The van der Waals surface area contributed by atoms with Crippen LogP contribution in [-0.4, -0.2) is 30.3 Å². The van der Waals surface area contributed by atoms with Crippen LogP contribution in [0.2, 0.25) is 0 Å². The van der Waals surface area contributed by atoms with Crippen molar-refractivity contribution in [1.29, 1.82) is 0 Å². The predicted molar refractivity (Wildman–Crippen MR) is 127 cm³/mol. The standard InChI is InChI=1S/C24H23N3O5S/c1-12-8-13(2)21-16(9-12)17(26-27-24-25-14(3)22(33-24)23(29)31-5)11-19(32-21)15-6-7-18(28)20(10-15)30-4/h6-11,28H,1-5H3,(H,25,27). The highest BCUT2D eigenvalue weighted by atomic mass is 32.1. The fraction of sp³-hybridized carbons (Fsp3) is 0.208. The Morgan fingerprint density at radius 2 is 1.94 bits per heavy atom. The van der Waals surface area contributed by atoms with Gasteiger partial charge >= 0.3 is 5.97 Å². The summed E-state index contributed by atoms with van der Waals surface area (Å²) in [5, 5.41) is 16.5. The van der Waals surface area contributed by atoms with Crippen LogP contribution in [-0.2, 0) is 4.74 Å². The largest absolute Gasteiger partial charge is 0.504 e. The number of nitrogens with zero attached hydrogens (tertiary/aromatic N) is 2. The fourth-order valence-electron chi connectivity index (χ4n) is 3.52. The smallest absolute Gasteiger partial charge is 0.350 e. The first-order valence-corrected chi connectivity index (χ1v) is 10.9. The summed E-state index contributed by atoms with van der Waals surface area (Å²) in [5.74, 6) is 0.505. The Labute approximate surface area is 194 Å². The number of ether oxygens (including phenoxy) is 2. The maximum absolute atomic E-state index is 11.9. The Kier molecular flexibility index (Phi) is 6.06. The van der Waals surface area contributed by atoms with E-state index in [1.807, 2.05) is 32.0 Å². The van der Waals surface area contributed by atoms with Crippen LogP contribution >= 0.6 is 11.3 Å². The summed E-state index contributed by atoms with van der Waals surface area (Å²) in [6, 6.07) is 10.8. The monoisotopic (exact) mass is 465 g/mol. The quantitative estimate of drug-likeness (QED) is 0.319. The minimum atomic E-state index is -0.433. The Morgan fingerprint density at radius 1 is 1.15 bits per heavy atom. The number of carbonyl (C=O) groups excluding carboxylic acids is 1. The lowest BCUT2D eigenvalue weighted by Gasteiger charge is -2.10. The zero-order valence-corrected chi connectivity index (χ0v) is 19.7. The number of aryl methyl sites for hydroxylation is 3. The Morgan fingerprint density at radius 3 is 2.67 bits per heavy atom. The van der Waals surface area contributed by atoms with Crippen LogP contribution in [0.25, 0.3) is 22.3 Å². The highest BCUT2D eigenvalue weighted by Crippen LogP contribution is 2.32. The van der Waals surface area contributed by atoms with Crippen LogP contribution in [0.1, 0.15) is 26.5 Å². The molecule has 0 fully saturated rings. The number of carbonyl (C=O) groups is 1. The van der Waals surface area contributed by atoms with Gasteiger partial charge in [0.25, 0.3) is 0 Å². The summed E-state index contributed by atoms with van der Waals surface area (Å²) in [6.45, 7) is 5.73. The fourth-order valence-corrected chi connectivity index (χ4v) is 4.35. The highest BCUT2D eigenvalue weighted by Gasteiger charge is 2.16. The molecule has 2 heterocycles. The number of thiazole rings is 1. The van der Waals surface area contributed by atoms with E-state index >= 15 is 0 Å². The van der Waals surface area contributed by atoms with Crippen LogP contribution in [0.5, 0.6) is 11.5 Å². The van der Waals surface area contributed by atoms with Crippen LogP contribution in [0, 0.1) is 20.8 Å². The van der Waals surface area contributed by atoms with Gasteiger partial charge in [0.2, 0.25) is 5.13 Å². The average molecular weight is 466 g/mol. The molecule has 0 saturated heterocycles. The lowest BCUT2D eigenvalue weighted by Crippen LogP contribution is -2.08. The van der Waals surface area contributed by atoms with Gasteiger partial charge in [-0.1, -0.05) is 17.4 Å². The zero-order chi connectivity index (χ0) is 23.7. The number of phenolic OH excluding ortho intramolecular Hbond substituents is 1. The third-order valence-corrected chi connectivity index (χ3v) is 6.12. The molecule has 0 aliphatic carbocycles. The molecule has 9 heteroatoms. The van der Waals surface area contributed by atoms with Crippen molar-refractivity contribution in [1.82, 2.24) is 4.98 Å². The van der Waals surface area contributed by atoms with E-state index in [9.17, 15) is 9.90 Å². The second kappa shape index (κ2) is 8.95. The first-order chi connectivity index (χ1) is 15.8. The molecule has 4 aromatic rings. The molecule has 2 aromatic carbocycles. The maximum atomic E-state index is 11.9. The second-order valence-corrected chi connectivity index (χ2v) is 8.49. The van der Waals surface area contributed by atoms with Crippen molar-refractivity contribution >= 4 is 33.4 Å². The molecule has 2 aromatic heterocycles. The van der Waals surface area contributed by atoms with E-state index in [1.54, 1.807) is 25.1 Å². The Bertz CT molecular complexity index is 1440. The van der Waals surface area contributed by atoms with Crippen molar-refractivity contribution in [3.8, 4) is 22.8 Å². The van der Waals surface area contributed by atoms with E-state index in [0.717, 1.165) is 22.1 Å². The minimum absolute atomic E-state index is 0.0426. The number of anilines is 1. The van der Waals surface area contributed by atoms with Crippen LogP contribution < -0.4 is 15.5 Å². The predicted octanol–water partition coefficient (Wildman–Crippen LogP) is 4.91. The van der Waals surface area contributed by atoms with Gasteiger partial charge < -0.3 is 19.0 Å². The molecular weight excluding hydrogens is 442 g/mol. The number of phenols is 1. The molecule has 0 bridgehead atoms. The van der Waals surface area contributed by atoms with Crippen molar-refractivity contribution in [2.24, 2.45) is 5.10 Å². The maximum Gasteiger partial charge on any atom is 0.350 e. The first kappa shape index (κ1) is 22.3. The number of aromatic nitrogens is 1. The number of aromatic hydroxyl groups is 1. The van der Waals surface area contributed by atoms with E-state index in [1.165, 1.54) is 25.6 Å². The van der Waals surface area contributed by atoms with Crippen LogP contribution in [0.15, 0.2) is 45.9 Å². The third-order valence-electron chi connectivity index (χ3n) is 5.08. The van der Waals surface area contributed by atoms with Crippen molar-refractivity contribution in [3.05, 3.63) is 63.5 Å². The van der Waals surface area contributed by atoms with E-state index < -0.39 is 5.97 Å². The van der Waals surface area contributed by atoms with E-state index in [4.69, 9.17) is 13.9 Å². The molecule has 0 radical (unpaired) electrons. The van der Waals surface area contributed by atoms with Crippen molar-refractivity contribution in [3.63, 3.8) is 0 Å². The lowest BCUT2D eigenvalue weighted by molar-refractivity contribution is 0.0605. The van der Waals surface area contributed by atoms with Gasteiger partial charge in [-0.05, 0) is 56.2 Å². The number of nitrogens with one attached hydrogen (secondary N) is 1. The van der Waals surface area contributed by atoms with E-state index in [0.29, 0.717) is 38.2 Å². The number of esters is 1. The number of hydrogen-bond acceptors (Lipinski definition) is 9. The average Bonchev–Trinajstić information content (AvgIpc) is 3.17. The van der Waals surface area contributed by atoms with Gasteiger partial charge in [0.1, 0.15) is 16.2 Å². The normalized spacial score (nSPS) is 11.6. The molecule has 0 atom stereocenters. The van der Waals surface area contributed by atoms with Gasteiger partial charge in [-0.25, -0.2) is 9.78 Å². The summed E-state index contributed by atoms with van der Waals surface area (Å²) in [7, 11) is 2.83. The number of fused-ring (bicyclic) bond motifs is 1. The molecule has 0 aliphatic heterocycles. The molecule has 0 amide bonds. The van der Waals surface area contributed by atoms with Gasteiger partial charge in [0.05, 0.1) is 25.3 Å². The molecule has 8 nitrogen and oxygen atoms in total. The van der Waals surface area contributed by atoms with E-state index in [2.05, 4.69) is 15.5 Å². The second-order valence-electron chi connectivity index (χ2n) is 7.49. The molecule has 0 unspecified atom stereocenters. The van der Waals surface area contributed by atoms with Crippen molar-refractivity contribution in [2.45, 2.75) is 20.8 Å². The topological polar surface area (TPSA) is 106 Å². The molecule has 2 N–H and O–H groups in total. The summed E-state index contributed by atoms with van der Waals surface area (Å²) in [6.07, 6.45) is 0. The minimum Gasteiger partial charge on any atom is -0.504 e. The molecule has 33 heavy (non-hydrogen) atoms.